The lowest BCUT2D eigenvalue weighted by atomic mass is 9.83. The molecule has 0 aromatic heterocycles. The molecule has 0 amide bonds. The van der Waals surface area contributed by atoms with E-state index in [4.69, 9.17) is 14.7 Å². The van der Waals surface area contributed by atoms with E-state index in [1.54, 1.807) is 0 Å². The lowest BCUT2D eigenvalue weighted by Crippen LogP contribution is -2.21. The summed E-state index contributed by atoms with van der Waals surface area (Å²) in [5.74, 6) is -3.50. The van der Waals surface area contributed by atoms with Crippen molar-refractivity contribution in [2.24, 2.45) is 5.73 Å². The number of fused-ring (bicyclic) bond motifs is 1. The molecule has 0 spiro atoms. The molecular formula is C22H13F2N3O6S. The molecule has 0 fully saturated rings. The summed E-state index contributed by atoms with van der Waals surface area (Å²) in [7, 11) is -4.35. The Hall–Kier alpha value is -4.50. The van der Waals surface area contributed by atoms with E-state index in [0.29, 0.717) is 5.56 Å². The van der Waals surface area contributed by atoms with E-state index in [1.807, 2.05) is 6.07 Å². The van der Waals surface area contributed by atoms with Crippen molar-refractivity contribution in [2.75, 3.05) is 0 Å². The van der Waals surface area contributed by atoms with E-state index in [-0.39, 0.29) is 39.1 Å². The highest BCUT2D eigenvalue weighted by molar-refractivity contribution is 7.87. The second-order valence-electron chi connectivity index (χ2n) is 7.09. The molecular weight excluding hydrogens is 472 g/mol. The van der Waals surface area contributed by atoms with Crippen molar-refractivity contribution in [3.05, 3.63) is 105 Å². The molecule has 34 heavy (non-hydrogen) atoms. The summed E-state index contributed by atoms with van der Waals surface area (Å²) in [6.45, 7) is 0. The number of ether oxygens (including phenoxy) is 1. The molecule has 1 atom stereocenters. The number of halogens is 2. The van der Waals surface area contributed by atoms with Crippen LogP contribution >= 0.6 is 0 Å². The molecule has 1 aliphatic rings. The Balaban J connectivity index is 1.70. The zero-order valence-electron chi connectivity index (χ0n) is 16.9. The maximum absolute atomic E-state index is 13.9. The van der Waals surface area contributed by atoms with Crippen LogP contribution in [0, 0.1) is 33.1 Å². The standard InChI is InChI=1S/C22H13F2N3O6S/c23-18-8-1-12(9-19(18)24)21-16-7-4-14(10-20(16)32-22(26)17(21)11-25)33-34(30,31)15-5-2-13(3-6-15)27(28)29/h1-10,21H,26H2. The van der Waals surface area contributed by atoms with E-state index >= 15 is 0 Å². The van der Waals surface area contributed by atoms with Gasteiger partial charge >= 0.3 is 10.1 Å². The van der Waals surface area contributed by atoms with Gasteiger partial charge in [0.2, 0.25) is 5.88 Å². The molecule has 3 aromatic carbocycles. The van der Waals surface area contributed by atoms with Crippen LogP contribution in [-0.2, 0) is 10.1 Å². The van der Waals surface area contributed by atoms with Crippen LogP contribution in [-0.4, -0.2) is 13.3 Å². The predicted molar refractivity (Wildman–Crippen MR) is 113 cm³/mol. The second kappa shape index (κ2) is 8.45. The van der Waals surface area contributed by atoms with Crippen LogP contribution in [0.2, 0.25) is 0 Å². The fraction of sp³-hybridized carbons (Fsp3) is 0.0455. The van der Waals surface area contributed by atoms with Gasteiger partial charge in [-0.1, -0.05) is 12.1 Å². The molecule has 1 heterocycles. The summed E-state index contributed by atoms with van der Waals surface area (Å²) in [6, 6.07) is 13.1. The number of nitrogens with zero attached hydrogens (tertiary/aromatic N) is 2. The van der Waals surface area contributed by atoms with Crippen LogP contribution < -0.4 is 14.7 Å². The molecule has 3 aromatic rings. The highest BCUT2D eigenvalue weighted by atomic mass is 32.2. The first kappa shape index (κ1) is 22.7. The number of nitrogens with two attached hydrogens (primary N) is 1. The molecule has 0 aliphatic carbocycles. The third kappa shape index (κ3) is 4.12. The number of non-ortho nitro benzene ring substituents is 1. The SMILES string of the molecule is N#CC1=C(N)Oc2cc(OS(=O)(=O)c3ccc([N+](=O)[O-])cc3)ccc2C1c1ccc(F)c(F)c1. The quantitative estimate of drug-likeness (QED) is 0.326. The van der Waals surface area contributed by atoms with Crippen molar-refractivity contribution < 1.29 is 31.0 Å². The third-order valence-electron chi connectivity index (χ3n) is 5.01. The number of hydrogen-bond donors (Lipinski definition) is 1. The number of rotatable bonds is 5. The Kier molecular flexibility index (Phi) is 5.64. The van der Waals surface area contributed by atoms with Gasteiger partial charge in [0.1, 0.15) is 28.0 Å². The summed E-state index contributed by atoms with van der Waals surface area (Å²) in [6.07, 6.45) is 0. The molecule has 1 unspecified atom stereocenters. The molecule has 0 saturated carbocycles. The molecule has 0 radical (unpaired) electrons. The van der Waals surface area contributed by atoms with Crippen molar-refractivity contribution in [1.29, 1.82) is 5.26 Å². The lowest BCUT2D eigenvalue weighted by molar-refractivity contribution is -0.384. The molecule has 1 aliphatic heterocycles. The van der Waals surface area contributed by atoms with E-state index in [9.17, 15) is 32.6 Å². The molecule has 0 saturated heterocycles. The zero-order chi connectivity index (χ0) is 24.6. The summed E-state index contributed by atoms with van der Waals surface area (Å²) in [5.41, 5.74) is 6.11. The lowest BCUT2D eigenvalue weighted by Gasteiger charge is -2.26. The second-order valence-corrected chi connectivity index (χ2v) is 8.63. The van der Waals surface area contributed by atoms with Gasteiger partial charge in [-0.05, 0) is 35.9 Å². The first-order chi connectivity index (χ1) is 16.1. The van der Waals surface area contributed by atoms with Crippen LogP contribution in [0.3, 0.4) is 0 Å². The fourth-order valence-corrected chi connectivity index (χ4v) is 4.35. The minimum Gasteiger partial charge on any atom is -0.440 e. The smallest absolute Gasteiger partial charge is 0.339 e. The zero-order valence-corrected chi connectivity index (χ0v) is 17.8. The monoisotopic (exact) mass is 485 g/mol. The van der Waals surface area contributed by atoms with Crippen molar-refractivity contribution >= 4 is 15.8 Å². The van der Waals surface area contributed by atoms with Crippen molar-refractivity contribution in [2.45, 2.75) is 10.8 Å². The normalized spacial score (nSPS) is 15.1. The number of benzene rings is 3. The van der Waals surface area contributed by atoms with E-state index < -0.39 is 32.6 Å². The van der Waals surface area contributed by atoms with Gasteiger partial charge in [0, 0.05) is 23.8 Å². The molecule has 2 N–H and O–H groups in total. The molecule has 12 heteroatoms. The summed E-state index contributed by atoms with van der Waals surface area (Å²) in [5, 5.41) is 20.3. The number of allylic oxidation sites excluding steroid dienone is 1. The van der Waals surface area contributed by atoms with E-state index in [2.05, 4.69) is 0 Å². The highest BCUT2D eigenvalue weighted by Crippen LogP contribution is 2.43. The Morgan fingerprint density at radius 2 is 1.76 bits per heavy atom. The molecule has 9 nitrogen and oxygen atoms in total. The Morgan fingerprint density at radius 3 is 2.38 bits per heavy atom. The largest absolute Gasteiger partial charge is 0.440 e. The van der Waals surface area contributed by atoms with E-state index in [1.165, 1.54) is 24.3 Å². The van der Waals surface area contributed by atoms with Gasteiger partial charge in [0.05, 0.1) is 10.8 Å². The van der Waals surface area contributed by atoms with Gasteiger partial charge < -0.3 is 14.7 Å². The van der Waals surface area contributed by atoms with Crippen LogP contribution in [0.1, 0.15) is 17.0 Å². The van der Waals surface area contributed by atoms with Crippen molar-refractivity contribution in [3.8, 4) is 17.6 Å². The number of nitro groups is 1. The van der Waals surface area contributed by atoms with Gasteiger partial charge in [-0.25, -0.2) is 8.78 Å². The van der Waals surface area contributed by atoms with Crippen LogP contribution in [0.25, 0.3) is 0 Å². The molecule has 0 bridgehead atoms. The van der Waals surface area contributed by atoms with Crippen LogP contribution in [0.15, 0.2) is 77.0 Å². The minimum absolute atomic E-state index is 0.0364. The van der Waals surface area contributed by atoms with Crippen LogP contribution in [0.5, 0.6) is 11.5 Å². The number of hydrogen-bond acceptors (Lipinski definition) is 8. The Morgan fingerprint density at radius 1 is 1.06 bits per heavy atom. The topological polar surface area (TPSA) is 146 Å². The number of nitro benzene ring substituents is 1. The summed E-state index contributed by atoms with van der Waals surface area (Å²) in [4.78, 5) is 9.77. The highest BCUT2D eigenvalue weighted by Gasteiger charge is 2.32. The van der Waals surface area contributed by atoms with Gasteiger partial charge in [0.15, 0.2) is 11.6 Å². The van der Waals surface area contributed by atoms with Crippen molar-refractivity contribution in [3.63, 3.8) is 0 Å². The van der Waals surface area contributed by atoms with Gasteiger partial charge in [-0.15, -0.1) is 0 Å². The summed E-state index contributed by atoms with van der Waals surface area (Å²) < 4.78 is 63.0. The number of nitriles is 1. The average Bonchev–Trinajstić information content (AvgIpc) is 2.79. The predicted octanol–water partition coefficient (Wildman–Crippen LogP) is 3.86. The first-order valence-electron chi connectivity index (χ1n) is 9.46. The Bertz CT molecular complexity index is 1500. The minimum atomic E-state index is -4.35. The van der Waals surface area contributed by atoms with Crippen LogP contribution in [0.4, 0.5) is 14.5 Å². The molecule has 4 rings (SSSR count). The molecule has 172 valence electrons. The third-order valence-corrected chi connectivity index (χ3v) is 6.27. The van der Waals surface area contributed by atoms with Crippen molar-refractivity contribution in [1.82, 2.24) is 0 Å². The maximum Gasteiger partial charge on any atom is 0.339 e. The van der Waals surface area contributed by atoms with E-state index in [0.717, 1.165) is 36.4 Å². The fourth-order valence-electron chi connectivity index (χ4n) is 3.43. The first-order valence-corrected chi connectivity index (χ1v) is 10.9. The van der Waals surface area contributed by atoms with Gasteiger partial charge in [-0.3, -0.25) is 10.1 Å². The average molecular weight is 485 g/mol. The van der Waals surface area contributed by atoms with Gasteiger partial charge in [-0.2, -0.15) is 13.7 Å². The maximum atomic E-state index is 13.9. The van der Waals surface area contributed by atoms with Gasteiger partial charge in [0.25, 0.3) is 5.69 Å². The Labute approximate surface area is 191 Å². The summed E-state index contributed by atoms with van der Waals surface area (Å²) >= 11 is 0.